The van der Waals surface area contributed by atoms with Gasteiger partial charge in [0.2, 0.25) is 0 Å². The first kappa shape index (κ1) is 25.0. The Labute approximate surface area is 134 Å². The number of unbranched alkanes of at least 4 members (excludes halogenated alkanes) is 1. The summed E-state index contributed by atoms with van der Waals surface area (Å²) in [7, 11) is -8.35. The van der Waals surface area contributed by atoms with Gasteiger partial charge in [-0.1, -0.05) is 13.3 Å². The molecule has 0 atom stereocenters. The van der Waals surface area contributed by atoms with Gasteiger partial charge in [0.05, 0.1) is 27.7 Å². The maximum Gasteiger partial charge on any atom is 0.508 e. The first-order chi connectivity index (χ1) is 9.77. The van der Waals surface area contributed by atoms with Crippen molar-refractivity contribution in [1.29, 1.82) is 0 Å². The van der Waals surface area contributed by atoms with Gasteiger partial charge in [-0.25, -0.2) is 16.8 Å². The van der Waals surface area contributed by atoms with Crippen LogP contribution in [0.15, 0.2) is 0 Å². The lowest BCUT2D eigenvalue weighted by Crippen LogP contribution is -2.35. The van der Waals surface area contributed by atoms with E-state index in [4.69, 9.17) is 0 Å². The molecule has 0 unspecified atom stereocenters. The predicted molar refractivity (Wildman–Crippen MR) is 75.3 cm³/mol. The van der Waals surface area contributed by atoms with E-state index in [9.17, 15) is 43.2 Å². The smallest absolute Gasteiger partial charge is 0.331 e. The lowest BCUT2D eigenvalue weighted by molar-refractivity contribution is -0.870. The minimum absolute atomic E-state index is 1.10. The maximum atomic E-state index is 11.5. The molecular weight excluding hydrogens is 396 g/mol. The van der Waals surface area contributed by atoms with Crippen LogP contribution in [0.2, 0.25) is 0 Å². The lowest BCUT2D eigenvalue weighted by Gasteiger charge is -2.23. The number of nitrogens with zero attached hydrogens (tertiary/aromatic N) is 1. The van der Waals surface area contributed by atoms with Crippen LogP contribution in [-0.4, -0.2) is 60.0 Å². The van der Waals surface area contributed by atoms with Gasteiger partial charge in [-0.15, -0.1) is 0 Å². The highest BCUT2D eigenvalue weighted by Gasteiger charge is 2.56. The van der Waals surface area contributed by atoms with Gasteiger partial charge in [-0.2, -0.15) is 26.3 Å². The van der Waals surface area contributed by atoms with E-state index in [1.807, 2.05) is 0 Å². The van der Waals surface area contributed by atoms with Gasteiger partial charge in [0.25, 0.3) is 0 Å². The summed E-state index contributed by atoms with van der Waals surface area (Å²) in [5.41, 5.74) is -12.1. The highest BCUT2D eigenvalue weighted by atomic mass is 33.5. The first-order valence-corrected chi connectivity index (χ1v) is 10.7. The van der Waals surface area contributed by atoms with E-state index in [0.717, 1.165) is 4.48 Å². The van der Waals surface area contributed by atoms with Crippen LogP contribution >= 0.6 is 9.83 Å². The molecule has 14 heteroatoms. The predicted octanol–water partition coefficient (Wildman–Crippen LogP) is 2.91. The fourth-order valence-electron chi connectivity index (χ4n) is 0.828. The molecule has 0 saturated carbocycles. The second-order valence-corrected chi connectivity index (χ2v) is 12.4. The maximum absolute atomic E-state index is 11.5. The molecule has 0 rings (SSSR count). The van der Waals surface area contributed by atoms with Gasteiger partial charge in [-0.05, 0) is 6.42 Å². The van der Waals surface area contributed by atoms with Crippen molar-refractivity contribution < 1.29 is 47.7 Å². The van der Waals surface area contributed by atoms with Gasteiger partial charge < -0.3 is 4.48 Å². The molecule has 0 radical (unpaired) electrons. The summed E-state index contributed by atoms with van der Waals surface area (Å²) in [6.45, 7) is 3.53. The third kappa shape index (κ3) is 10.3. The Hall–Kier alpha value is -0.210. The van der Waals surface area contributed by atoms with Crippen LogP contribution in [0.3, 0.4) is 0 Å². The molecular formula is C9H18F6NO4S3+. The number of rotatable bonds is 5. The Balaban J connectivity index is 0. The van der Waals surface area contributed by atoms with E-state index >= 15 is 0 Å². The Morgan fingerprint density at radius 3 is 1.26 bits per heavy atom. The summed E-state index contributed by atoms with van der Waals surface area (Å²) in [4.78, 5) is 0. The van der Waals surface area contributed by atoms with Crippen LogP contribution in [0.25, 0.3) is 0 Å². The van der Waals surface area contributed by atoms with E-state index in [1.54, 1.807) is 0 Å². The van der Waals surface area contributed by atoms with Crippen molar-refractivity contribution in [2.45, 2.75) is 30.8 Å². The van der Waals surface area contributed by atoms with Crippen LogP contribution < -0.4 is 0 Å². The fraction of sp³-hybridized carbons (Fsp3) is 1.00. The van der Waals surface area contributed by atoms with Crippen LogP contribution in [-0.2, 0) is 17.7 Å². The summed E-state index contributed by atoms with van der Waals surface area (Å²) >= 11 is 0. The minimum Gasteiger partial charge on any atom is -0.331 e. The molecule has 0 aromatic carbocycles. The highest BCUT2D eigenvalue weighted by molar-refractivity contribution is 9.04. The fourth-order valence-corrected chi connectivity index (χ4v) is 5.90. The Kier molecular flexibility index (Phi) is 8.98. The summed E-state index contributed by atoms with van der Waals surface area (Å²) in [6.07, 6.45) is 2.67. The highest BCUT2D eigenvalue weighted by Crippen LogP contribution is 2.42. The van der Waals surface area contributed by atoms with Crippen LogP contribution in [0.5, 0.6) is 0 Å². The zero-order valence-electron chi connectivity index (χ0n) is 12.7. The standard InChI is InChI=1S/C7H18N.C2F6O4S3/c1-5-6-7-8(2,3)4;3-1(4,5)14(9,10)13-15(11,12)2(6,7)8/h5-7H2,1-4H3;/q+1;. The summed E-state index contributed by atoms with van der Waals surface area (Å²) in [6, 6.07) is 0. The second kappa shape index (κ2) is 8.25. The van der Waals surface area contributed by atoms with Crippen molar-refractivity contribution in [3.05, 3.63) is 0 Å². The van der Waals surface area contributed by atoms with Crippen molar-refractivity contribution in [3.63, 3.8) is 0 Å². The van der Waals surface area contributed by atoms with Crippen molar-refractivity contribution in [1.82, 2.24) is 0 Å². The number of alkyl halides is 6. The van der Waals surface area contributed by atoms with Gasteiger partial charge in [-0.3, -0.25) is 0 Å². The topological polar surface area (TPSA) is 68.3 Å². The molecule has 0 bridgehead atoms. The van der Waals surface area contributed by atoms with Crippen molar-refractivity contribution in [2.75, 3.05) is 27.7 Å². The van der Waals surface area contributed by atoms with E-state index in [2.05, 4.69) is 28.1 Å². The largest absolute Gasteiger partial charge is 0.508 e. The summed E-state index contributed by atoms with van der Waals surface area (Å²) in [5, 5.41) is 0. The molecule has 0 N–H and O–H groups in total. The van der Waals surface area contributed by atoms with Gasteiger partial charge in [0.1, 0.15) is 9.83 Å². The van der Waals surface area contributed by atoms with Gasteiger partial charge >= 0.3 is 28.8 Å². The lowest BCUT2D eigenvalue weighted by atomic mass is 10.3. The molecule has 23 heavy (non-hydrogen) atoms. The molecule has 0 aromatic heterocycles. The number of hydrogen-bond acceptors (Lipinski definition) is 5. The average molecular weight is 414 g/mol. The Morgan fingerprint density at radius 2 is 1.13 bits per heavy atom. The van der Waals surface area contributed by atoms with Crippen molar-refractivity contribution in [3.8, 4) is 0 Å². The minimum atomic E-state index is -6.43. The molecule has 0 aliphatic carbocycles. The molecule has 0 spiro atoms. The number of halogens is 6. The van der Waals surface area contributed by atoms with Crippen molar-refractivity contribution >= 4 is 27.6 Å². The average Bonchev–Trinajstić information content (AvgIpc) is 2.21. The van der Waals surface area contributed by atoms with E-state index in [0.29, 0.717) is 0 Å². The van der Waals surface area contributed by atoms with Crippen LogP contribution in [0.1, 0.15) is 19.8 Å². The zero-order valence-corrected chi connectivity index (χ0v) is 15.1. The molecule has 142 valence electrons. The molecule has 5 nitrogen and oxygen atoms in total. The van der Waals surface area contributed by atoms with E-state index in [-0.39, 0.29) is 0 Å². The normalized spacial score (nSPS) is 14.2. The third-order valence-corrected chi connectivity index (χ3v) is 8.85. The van der Waals surface area contributed by atoms with Gasteiger partial charge in [0.15, 0.2) is 0 Å². The SMILES string of the molecule is CCCC[N+](C)(C)C.O=S(=O)(SS(=O)(=O)C(F)(F)F)C(F)(F)F. The van der Waals surface area contributed by atoms with Gasteiger partial charge in [0, 0.05) is 0 Å². The van der Waals surface area contributed by atoms with Crippen molar-refractivity contribution in [2.24, 2.45) is 0 Å². The second-order valence-electron chi connectivity index (χ2n) is 5.24. The summed E-state index contributed by atoms with van der Waals surface area (Å²) < 4.78 is 110. The Bertz CT molecular complexity index is 518. The van der Waals surface area contributed by atoms with Crippen LogP contribution in [0.4, 0.5) is 26.3 Å². The molecule has 0 heterocycles. The monoisotopic (exact) mass is 414 g/mol. The molecule has 0 saturated heterocycles. The molecule has 0 amide bonds. The number of hydrogen-bond donors (Lipinski definition) is 0. The zero-order chi connectivity index (χ0) is 19.3. The molecule has 0 aliphatic heterocycles. The van der Waals surface area contributed by atoms with E-state index in [1.165, 1.54) is 19.4 Å². The molecule has 0 aromatic rings. The quantitative estimate of drug-likeness (QED) is 0.393. The summed E-state index contributed by atoms with van der Waals surface area (Å²) in [5.74, 6) is 0. The number of quaternary nitrogens is 1. The molecule has 0 aliphatic rings. The molecule has 0 fully saturated rings. The van der Waals surface area contributed by atoms with Crippen LogP contribution in [0, 0.1) is 0 Å². The van der Waals surface area contributed by atoms with E-state index < -0.39 is 38.6 Å². The Morgan fingerprint density at radius 1 is 0.826 bits per heavy atom. The third-order valence-electron chi connectivity index (χ3n) is 1.93. The first-order valence-electron chi connectivity index (χ1n) is 5.91.